The van der Waals surface area contributed by atoms with Gasteiger partial charge in [0.1, 0.15) is 6.26 Å². The summed E-state index contributed by atoms with van der Waals surface area (Å²) in [6.07, 6.45) is 1.60. The Balaban J connectivity index is 0.00000300. The first-order chi connectivity index (χ1) is 13.5. The summed E-state index contributed by atoms with van der Waals surface area (Å²) in [5, 5.41) is 11.4. The number of hydrogen-bond acceptors (Lipinski definition) is 5. The van der Waals surface area contributed by atoms with Crippen LogP contribution in [0.2, 0.25) is 0 Å². The highest BCUT2D eigenvalue weighted by Crippen LogP contribution is 2.17. The van der Waals surface area contributed by atoms with E-state index in [1.807, 2.05) is 30.3 Å². The maximum Gasteiger partial charge on any atom is 0.238 e. The standard InChI is InChI=1S/C19H21N5O3S.HI/c1-21-19(22-11-14-6-5-9-17(10-14)28(20,25)26)23-12-16-13-27-18(24-16)15-7-3-2-4-8-15;/h2-10,13H,11-12H2,1H3,(H2,20,25,26)(H2,21,22,23);1H. The van der Waals surface area contributed by atoms with Gasteiger partial charge in [-0.05, 0) is 29.8 Å². The third-order valence-corrected chi connectivity index (χ3v) is 4.83. The number of sulfonamides is 1. The topological polar surface area (TPSA) is 123 Å². The Morgan fingerprint density at radius 1 is 1.10 bits per heavy atom. The van der Waals surface area contributed by atoms with Crippen molar-refractivity contribution in [2.24, 2.45) is 10.1 Å². The summed E-state index contributed by atoms with van der Waals surface area (Å²) in [5.41, 5.74) is 2.41. The quantitative estimate of drug-likeness (QED) is 0.257. The molecule has 0 spiro atoms. The van der Waals surface area contributed by atoms with Crippen LogP contribution in [0.1, 0.15) is 11.3 Å². The van der Waals surface area contributed by atoms with Crippen LogP contribution in [0.25, 0.3) is 11.5 Å². The lowest BCUT2D eigenvalue weighted by molar-refractivity contribution is 0.572. The number of guanidine groups is 1. The van der Waals surface area contributed by atoms with Crippen molar-refractivity contribution in [2.75, 3.05) is 7.05 Å². The molecule has 0 unspecified atom stereocenters. The van der Waals surface area contributed by atoms with E-state index in [2.05, 4.69) is 20.6 Å². The summed E-state index contributed by atoms with van der Waals surface area (Å²) in [6.45, 7) is 0.810. The fourth-order valence-corrected chi connectivity index (χ4v) is 3.10. The summed E-state index contributed by atoms with van der Waals surface area (Å²) in [5.74, 6) is 1.10. The van der Waals surface area contributed by atoms with Crippen LogP contribution in [-0.2, 0) is 23.1 Å². The van der Waals surface area contributed by atoms with Crippen LogP contribution >= 0.6 is 24.0 Å². The predicted octanol–water partition coefficient (Wildman–Crippen LogP) is 2.47. The number of nitrogens with one attached hydrogen (secondary N) is 2. The molecule has 3 rings (SSSR count). The minimum atomic E-state index is -3.73. The molecule has 0 aliphatic rings. The van der Waals surface area contributed by atoms with Crippen molar-refractivity contribution >= 4 is 40.0 Å². The van der Waals surface area contributed by atoms with Crippen molar-refractivity contribution in [1.82, 2.24) is 15.6 Å². The molecule has 29 heavy (non-hydrogen) atoms. The van der Waals surface area contributed by atoms with Crippen LogP contribution in [0.4, 0.5) is 0 Å². The lowest BCUT2D eigenvalue weighted by Gasteiger charge is -2.11. The van der Waals surface area contributed by atoms with Gasteiger partial charge in [0.25, 0.3) is 0 Å². The molecular formula is C19H22IN5O3S. The molecule has 4 N–H and O–H groups in total. The molecule has 0 saturated carbocycles. The minimum Gasteiger partial charge on any atom is -0.444 e. The summed E-state index contributed by atoms with van der Waals surface area (Å²) in [4.78, 5) is 8.67. The summed E-state index contributed by atoms with van der Waals surface area (Å²) in [6, 6.07) is 16.1. The van der Waals surface area contributed by atoms with Gasteiger partial charge in [-0.1, -0.05) is 30.3 Å². The van der Waals surface area contributed by atoms with Gasteiger partial charge in [0, 0.05) is 19.2 Å². The van der Waals surface area contributed by atoms with Crippen molar-refractivity contribution in [3.8, 4) is 11.5 Å². The number of benzene rings is 2. The van der Waals surface area contributed by atoms with E-state index in [0.29, 0.717) is 24.9 Å². The van der Waals surface area contributed by atoms with E-state index in [0.717, 1.165) is 16.8 Å². The SMILES string of the molecule is CN=C(NCc1cccc(S(N)(=O)=O)c1)NCc1coc(-c2ccccc2)n1.I. The smallest absolute Gasteiger partial charge is 0.238 e. The summed E-state index contributed by atoms with van der Waals surface area (Å²) < 4.78 is 28.4. The molecule has 0 aliphatic carbocycles. The molecule has 0 radical (unpaired) electrons. The van der Waals surface area contributed by atoms with Gasteiger partial charge in [-0.2, -0.15) is 0 Å². The third kappa shape index (κ3) is 6.54. The zero-order chi connectivity index (χ0) is 20.0. The Bertz CT molecular complexity index is 1070. The van der Waals surface area contributed by atoms with Crippen LogP contribution in [-0.4, -0.2) is 26.4 Å². The molecule has 0 amide bonds. The van der Waals surface area contributed by atoms with Gasteiger partial charge >= 0.3 is 0 Å². The fraction of sp³-hybridized carbons (Fsp3) is 0.158. The van der Waals surface area contributed by atoms with Crippen molar-refractivity contribution in [3.63, 3.8) is 0 Å². The average molecular weight is 527 g/mol. The van der Waals surface area contributed by atoms with E-state index in [-0.39, 0.29) is 28.9 Å². The van der Waals surface area contributed by atoms with Gasteiger partial charge < -0.3 is 15.1 Å². The maximum atomic E-state index is 11.4. The third-order valence-electron chi connectivity index (χ3n) is 3.92. The molecule has 0 saturated heterocycles. The number of nitrogens with two attached hydrogens (primary N) is 1. The first kappa shape index (κ1) is 22.8. The molecule has 0 atom stereocenters. The van der Waals surface area contributed by atoms with Crippen LogP contribution < -0.4 is 15.8 Å². The summed E-state index contributed by atoms with van der Waals surface area (Å²) >= 11 is 0. The first-order valence-electron chi connectivity index (χ1n) is 8.52. The van der Waals surface area contributed by atoms with E-state index >= 15 is 0 Å². The van der Waals surface area contributed by atoms with Crippen LogP contribution in [0.5, 0.6) is 0 Å². The highest BCUT2D eigenvalue weighted by atomic mass is 127. The highest BCUT2D eigenvalue weighted by molar-refractivity contribution is 14.0. The number of rotatable bonds is 6. The molecule has 154 valence electrons. The Hall–Kier alpha value is -2.44. The van der Waals surface area contributed by atoms with Crippen molar-refractivity contribution in [2.45, 2.75) is 18.0 Å². The second kappa shape index (κ2) is 10.4. The largest absolute Gasteiger partial charge is 0.444 e. The van der Waals surface area contributed by atoms with Gasteiger partial charge in [-0.25, -0.2) is 18.5 Å². The van der Waals surface area contributed by atoms with Crippen LogP contribution in [0.3, 0.4) is 0 Å². The molecule has 0 bridgehead atoms. The van der Waals surface area contributed by atoms with Gasteiger partial charge in [-0.15, -0.1) is 24.0 Å². The molecule has 1 aromatic heterocycles. The zero-order valence-corrected chi connectivity index (χ0v) is 18.8. The zero-order valence-electron chi connectivity index (χ0n) is 15.7. The van der Waals surface area contributed by atoms with Crippen molar-refractivity contribution in [3.05, 3.63) is 72.1 Å². The van der Waals surface area contributed by atoms with Gasteiger partial charge in [0.15, 0.2) is 5.96 Å². The highest BCUT2D eigenvalue weighted by Gasteiger charge is 2.09. The monoisotopic (exact) mass is 527 g/mol. The first-order valence-corrected chi connectivity index (χ1v) is 10.1. The number of primary sulfonamides is 1. The van der Waals surface area contributed by atoms with E-state index in [1.54, 1.807) is 25.4 Å². The van der Waals surface area contributed by atoms with Crippen molar-refractivity contribution < 1.29 is 12.8 Å². The number of oxazole rings is 1. The maximum absolute atomic E-state index is 11.4. The molecule has 10 heteroatoms. The number of nitrogens with zero attached hydrogens (tertiary/aromatic N) is 2. The molecule has 0 fully saturated rings. The molecule has 0 aliphatic heterocycles. The summed E-state index contributed by atoms with van der Waals surface area (Å²) in [7, 11) is -2.08. The lowest BCUT2D eigenvalue weighted by Crippen LogP contribution is -2.36. The van der Waals surface area contributed by atoms with Crippen LogP contribution in [0, 0.1) is 0 Å². The van der Waals surface area contributed by atoms with Gasteiger partial charge in [0.05, 0.1) is 17.1 Å². The number of hydrogen-bond donors (Lipinski definition) is 3. The fourth-order valence-electron chi connectivity index (χ4n) is 2.51. The van der Waals surface area contributed by atoms with Gasteiger partial charge in [0.2, 0.25) is 15.9 Å². The van der Waals surface area contributed by atoms with E-state index in [9.17, 15) is 8.42 Å². The van der Waals surface area contributed by atoms with Crippen molar-refractivity contribution in [1.29, 1.82) is 0 Å². The second-order valence-corrected chi connectivity index (χ2v) is 7.54. The Labute approximate surface area is 186 Å². The number of halogens is 1. The molecule has 8 nitrogen and oxygen atoms in total. The van der Waals surface area contributed by atoms with E-state index in [1.165, 1.54) is 12.1 Å². The molecular weight excluding hydrogens is 505 g/mol. The number of aliphatic imine (C=N–C) groups is 1. The molecule has 2 aromatic carbocycles. The van der Waals surface area contributed by atoms with E-state index in [4.69, 9.17) is 9.56 Å². The van der Waals surface area contributed by atoms with Crippen LogP contribution in [0.15, 0.2) is 75.2 Å². The normalized spacial score (nSPS) is 11.6. The molecule has 1 heterocycles. The van der Waals surface area contributed by atoms with Gasteiger partial charge in [-0.3, -0.25) is 4.99 Å². The predicted molar refractivity (Wildman–Crippen MR) is 122 cm³/mol. The minimum absolute atomic E-state index is 0. The lowest BCUT2D eigenvalue weighted by atomic mass is 10.2. The van der Waals surface area contributed by atoms with E-state index < -0.39 is 10.0 Å². The average Bonchev–Trinajstić information content (AvgIpc) is 3.17. The Kier molecular flexibility index (Phi) is 8.17. The Morgan fingerprint density at radius 2 is 1.83 bits per heavy atom. The Morgan fingerprint density at radius 3 is 2.52 bits per heavy atom. The number of aromatic nitrogens is 1. The second-order valence-electron chi connectivity index (χ2n) is 5.98. The molecule has 3 aromatic rings.